The molecule has 1 fully saturated rings. The van der Waals surface area contributed by atoms with Crippen molar-refractivity contribution in [2.45, 2.75) is 12.5 Å². The summed E-state index contributed by atoms with van der Waals surface area (Å²) in [6, 6.07) is 17.5. The second-order valence-corrected chi connectivity index (χ2v) is 6.83. The van der Waals surface area contributed by atoms with Crippen LogP contribution in [0.3, 0.4) is 0 Å². The molecule has 1 atom stereocenters. The number of anilines is 1. The van der Waals surface area contributed by atoms with Crippen LogP contribution >= 0.6 is 0 Å². The number of hydrogen-bond donors (Lipinski definition) is 2. The van der Waals surface area contributed by atoms with Crippen LogP contribution < -0.4 is 10.6 Å². The van der Waals surface area contributed by atoms with Crippen LogP contribution in [0.2, 0.25) is 0 Å². The molecule has 2 heterocycles. The summed E-state index contributed by atoms with van der Waals surface area (Å²) in [5.41, 5.74) is 9.38. The summed E-state index contributed by atoms with van der Waals surface area (Å²) in [5.74, 6) is 0.486. The molecule has 27 heavy (non-hydrogen) atoms. The van der Waals surface area contributed by atoms with E-state index in [4.69, 9.17) is 5.73 Å². The smallest absolute Gasteiger partial charge is 0.253 e. The van der Waals surface area contributed by atoms with Crippen LogP contribution in [-0.2, 0) is 0 Å². The molecular weight excluding hydrogens is 340 g/mol. The lowest BCUT2D eigenvalue weighted by atomic mass is 10.1. The average Bonchev–Trinajstić information content (AvgIpc) is 3.14. The molecule has 2 aromatic rings. The van der Waals surface area contributed by atoms with Gasteiger partial charge in [0.2, 0.25) is 0 Å². The number of carbonyl (C=O) groups is 1. The van der Waals surface area contributed by atoms with E-state index in [9.17, 15) is 9.90 Å². The Balaban J connectivity index is 1.66. The minimum Gasteiger partial charge on any atom is -0.391 e. The first-order valence-electron chi connectivity index (χ1n) is 9.04. The Morgan fingerprint density at radius 1 is 1.15 bits per heavy atom. The summed E-state index contributed by atoms with van der Waals surface area (Å²) in [4.78, 5) is 20.8. The summed E-state index contributed by atoms with van der Waals surface area (Å²) in [6.07, 6.45) is 1.95. The molecule has 3 N–H and O–H groups in total. The van der Waals surface area contributed by atoms with Gasteiger partial charge in [0.15, 0.2) is 0 Å². The van der Waals surface area contributed by atoms with E-state index >= 15 is 0 Å². The fourth-order valence-corrected chi connectivity index (χ4v) is 3.49. The zero-order valence-corrected chi connectivity index (χ0v) is 15.0. The van der Waals surface area contributed by atoms with Gasteiger partial charge < -0.3 is 20.6 Å². The number of nitrogens with zero attached hydrogens (tertiary/aromatic N) is 3. The van der Waals surface area contributed by atoms with Crippen LogP contribution in [0.15, 0.2) is 65.8 Å². The van der Waals surface area contributed by atoms with E-state index in [1.807, 2.05) is 54.6 Å². The Labute approximate surface area is 158 Å². The van der Waals surface area contributed by atoms with Crippen molar-refractivity contribution in [3.63, 3.8) is 0 Å². The van der Waals surface area contributed by atoms with Gasteiger partial charge >= 0.3 is 0 Å². The minimum absolute atomic E-state index is 0.0564. The summed E-state index contributed by atoms with van der Waals surface area (Å²) in [6.45, 7) is 1.47. The number of amides is 1. The lowest BCUT2D eigenvalue weighted by Gasteiger charge is -2.29. The molecule has 4 rings (SSSR count). The van der Waals surface area contributed by atoms with E-state index in [1.165, 1.54) is 0 Å². The van der Waals surface area contributed by atoms with Gasteiger partial charge in [0, 0.05) is 29.9 Å². The largest absolute Gasteiger partial charge is 0.391 e. The van der Waals surface area contributed by atoms with Crippen molar-refractivity contribution in [3.8, 4) is 0 Å². The highest BCUT2D eigenvalue weighted by Crippen LogP contribution is 2.29. The lowest BCUT2D eigenvalue weighted by Crippen LogP contribution is -2.35. The topological polar surface area (TPSA) is 82.2 Å². The minimum atomic E-state index is -0.427. The number of aliphatic hydroxyl groups excluding tert-OH is 1. The molecule has 2 aromatic carbocycles. The quantitative estimate of drug-likeness (QED) is 0.876. The molecule has 0 saturated carbocycles. The van der Waals surface area contributed by atoms with Crippen molar-refractivity contribution in [1.82, 2.24) is 4.90 Å². The third-order valence-electron chi connectivity index (χ3n) is 4.89. The van der Waals surface area contributed by atoms with Crippen LogP contribution in [0.5, 0.6) is 0 Å². The fraction of sp³-hybridized carbons (Fsp3) is 0.238. The van der Waals surface area contributed by atoms with Gasteiger partial charge in [0.05, 0.1) is 24.5 Å². The number of aliphatic hydroxyl groups is 1. The van der Waals surface area contributed by atoms with Crippen molar-refractivity contribution >= 4 is 23.1 Å². The third-order valence-corrected chi connectivity index (χ3v) is 4.89. The van der Waals surface area contributed by atoms with Crippen LogP contribution in [0.1, 0.15) is 22.3 Å². The number of likely N-dealkylation sites (tertiary alicyclic amines) is 1. The number of nitrogens with two attached hydrogens (primary N) is 1. The Morgan fingerprint density at radius 3 is 2.70 bits per heavy atom. The van der Waals surface area contributed by atoms with Gasteiger partial charge in [-0.1, -0.05) is 30.3 Å². The number of para-hydroxylation sites is 1. The summed E-state index contributed by atoms with van der Waals surface area (Å²) in [7, 11) is 0. The number of β-amino-alcohol motifs (C(OH)–C–C–N with tert-alkyl or cyclic N) is 1. The van der Waals surface area contributed by atoms with Crippen molar-refractivity contribution in [1.29, 1.82) is 0 Å². The number of hydrogen-bond acceptors (Lipinski definition) is 5. The maximum atomic E-state index is 12.8. The predicted octanol–water partition coefficient (Wildman–Crippen LogP) is 2.07. The summed E-state index contributed by atoms with van der Waals surface area (Å²) >= 11 is 0. The van der Waals surface area contributed by atoms with Crippen LogP contribution in [0, 0.1) is 0 Å². The fourth-order valence-electron chi connectivity index (χ4n) is 3.49. The molecule has 1 unspecified atom stereocenters. The predicted molar refractivity (Wildman–Crippen MR) is 106 cm³/mol. The number of benzene rings is 2. The molecule has 0 aromatic heterocycles. The molecule has 0 spiro atoms. The number of carbonyl (C=O) groups excluding carboxylic acids is 1. The van der Waals surface area contributed by atoms with Crippen molar-refractivity contribution in [2.24, 2.45) is 10.7 Å². The average molecular weight is 362 g/mol. The van der Waals surface area contributed by atoms with E-state index in [1.54, 1.807) is 11.1 Å². The Kier molecular flexibility index (Phi) is 4.64. The van der Waals surface area contributed by atoms with Gasteiger partial charge in [-0.05, 0) is 30.7 Å². The Morgan fingerprint density at radius 2 is 1.96 bits per heavy atom. The van der Waals surface area contributed by atoms with Gasteiger partial charge in [-0.2, -0.15) is 0 Å². The first kappa shape index (κ1) is 17.3. The SMILES string of the molecule is NC1=NC=C(c2cccc(C(=O)N3CCC(O)C3)c2)N(c2ccccc2)C1. The molecule has 6 heteroatoms. The van der Waals surface area contributed by atoms with Crippen molar-refractivity contribution in [2.75, 3.05) is 24.5 Å². The summed E-state index contributed by atoms with van der Waals surface area (Å²) in [5, 5.41) is 9.70. The van der Waals surface area contributed by atoms with E-state index in [0.717, 1.165) is 16.9 Å². The molecule has 6 nitrogen and oxygen atoms in total. The Bertz CT molecular complexity index is 907. The first-order chi connectivity index (χ1) is 13.1. The van der Waals surface area contributed by atoms with Gasteiger partial charge in [0.25, 0.3) is 5.91 Å². The molecule has 0 aliphatic carbocycles. The zero-order valence-electron chi connectivity index (χ0n) is 15.0. The van der Waals surface area contributed by atoms with Gasteiger partial charge in [0.1, 0.15) is 5.84 Å². The maximum Gasteiger partial charge on any atom is 0.253 e. The molecule has 2 aliphatic heterocycles. The van der Waals surface area contributed by atoms with Gasteiger partial charge in [-0.3, -0.25) is 4.79 Å². The second-order valence-electron chi connectivity index (χ2n) is 6.83. The third kappa shape index (κ3) is 3.57. The number of aliphatic imine (C=N–C) groups is 1. The van der Waals surface area contributed by atoms with Gasteiger partial charge in [-0.15, -0.1) is 0 Å². The molecule has 2 aliphatic rings. The molecule has 0 bridgehead atoms. The normalized spacial score (nSPS) is 19.7. The standard InChI is InChI=1S/C21H22N4O2/c22-20-14-25(17-7-2-1-3-8-17)19(12-23-20)15-5-4-6-16(11-15)21(27)24-10-9-18(26)13-24/h1-8,11-12,18,26H,9-10,13-14H2,(H2,22,23). The molecular formula is C21H22N4O2. The molecule has 138 valence electrons. The maximum absolute atomic E-state index is 12.8. The van der Waals surface area contributed by atoms with E-state index in [-0.39, 0.29) is 5.91 Å². The highest BCUT2D eigenvalue weighted by atomic mass is 16.3. The highest BCUT2D eigenvalue weighted by molar-refractivity contribution is 5.98. The van der Waals surface area contributed by atoms with Crippen LogP contribution in [0.25, 0.3) is 5.70 Å². The molecule has 0 radical (unpaired) electrons. The second kappa shape index (κ2) is 7.25. The first-order valence-corrected chi connectivity index (χ1v) is 9.04. The van der Waals surface area contributed by atoms with Crippen molar-refractivity contribution in [3.05, 3.63) is 71.9 Å². The summed E-state index contributed by atoms with van der Waals surface area (Å²) < 4.78 is 0. The van der Waals surface area contributed by atoms with E-state index in [2.05, 4.69) is 9.89 Å². The van der Waals surface area contributed by atoms with Gasteiger partial charge in [-0.25, -0.2) is 4.99 Å². The molecule has 1 amide bonds. The van der Waals surface area contributed by atoms with E-state index < -0.39 is 6.10 Å². The van der Waals surface area contributed by atoms with Crippen molar-refractivity contribution < 1.29 is 9.90 Å². The zero-order chi connectivity index (χ0) is 18.8. The van der Waals surface area contributed by atoms with Crippen LogP contribution in [0.4, 0.5) is 5.69 Å². The highest BCUT2D eigenvalue weighted by Gasteiger charge is 2.26. The lowest BCUT2D eigenvalue weighted by molar-refractivity contribution is 0.0765. The Hall–Kier alpha value is -3.12. The van der Waals surface area contributed by atoms with Crippen LogP contribution in [-0.4, -0.2) is 47.5 Å². The monoisotopic (exact) mass is 362 g/mol. The van der Waals surface area contributed by atoms with E-state index in [0.29, 0.717) is 37.5 Å². The molecule has 1 saturated heterocycles. The number of rotatable bonds is 3. The number of amidine groups is 1.